The van der Waals surface area contributed by atoms with Gasteiger partial charge in [-0.2, -0.15) is 0 Å². The summed E-state index contributed by atoms with van der Waals surface area (Å²) in [6.07, 6.45) is 6.16. The van der Waals surface area contributed by atoms with Gasteiger partial charge in [0.2, 0.25) is 5.88 Å². The molecule has 2 N–H and O–H groups in total. The van der Waals surface area contributed by atoms with Gasteiger partial charge >= 0.3 is 0 Å². The van der Waals surface area contributed by atoms with E-state index in [0.29, 0.717) is 25.1 Å². The SMILES string of the molecule is CCCOc1cc(N2CCC(CC)CC2CN)ncn1. The average molecular weight is 278 g/mol. The molecule has 0 radical (unpaired) electrons. The second-order valence-electron chi connectivity index (χ2n) is 5.44. The van der Waals surface area contributed by atoms with E-state index >= 15 is 0 Å². The third-order valence-corrected chi connectivity index (χ3v) is 4.05. The van der Waals surface area contributed by atoms with Gasteiger partial charge in [-0.25, -0.2) is 9.97 Å². The van der Waals surface area contributed by atoms with Gasteiger partial charge in [0.05, 0.1) is 6.61 Å². The van der Waals surface area contributed by atoms with Crippen molar-refractivity contribution in [1.82, 2.24) is 9.97 Å². The van der Waals surface area contributed by atoms with Gasteiger partial charge < -0.3 is 15.4 Å². The lowest BCUT2D eigenvalue weighted by atomic mass is 9.89. The Balaban J connectivity index is 2.09. The largest absolute Gasteiger partial charge is 0.478 e. The van der Waals surface area contributed by atoms with Gasteiger partial charge in [0.15, 0.2) is 0 Å². The normalized spacial score (nSPS) is 22.9. The molecule has 2 rings (SSSR count). The molecule has 0 bridgehead atoms. The Morgan fingerprint density at radius 1 is 1.40 bits per heavy atom. The zero-order valence-corrected chi connectivity index (χ0v) is 12.6. The Bertz CT molecular complexity index is 413. The van der Waals surface area contributed by atoms with E-state index in [-0.39, 0.29) is 0 Å². The van der Waals surface area contributed by atoms with Crippen LogP contribution in [-0.4, -0.2) is 35.7 Å². The van der Waals surface area contributed by atoms with E-state index in [9.17, 15) is 0 Å². The molecular weight excluding hydrogens is 252 g/mol. The Kier molecular flexibility index (Phi) is 5.59. The third-order valence-electron chi connectivity index (χ3n) is 4.05. The van der Waals surface area contributed by atoms with E-state index in [2.05, 4.69) is 28.7 Å². The molecule has 20 heavy (non-hydrogen) atoms. The zero-order valence-electron chi connectivity index (χ0n) is 12.6. The number of ether oxygens (including phenoxy) is 1. The minimum atomic E-state index is 0.377. The topological polar surface area (TPSA) is 64.3 Å². The summed E-state index contributed by atoms with van der Waals surface area (Å²) in [7, 11) is 0. The fourth-order valence-electron chi connectivity index (χ4n) is 2.80. The number of nitrogens with two attached hydrogens (primary N) is 1. The van der Waals surface area contributed by atoms with E-state index in [0.717, 1.165) is 31.1 Å². The highest BCUT2D eigenvalue weighted by atomic mass is 16.5. The third kappa shape index (κ3) is 3.60. The maximum atomic E-state index is 5.95. The Hall–Kier alpha value is -1.36. The van der Waals surface area contributed by atoms with E-state index in [1.165, 1.54) is 12.8 Å². The molecule has 1 saturated heterocycles. The molecule has 2 unspecified atom stereocenters. The van der Waals surface area contributed by atoms with Crippen LogP contribution in [0.3, 0.4) is 0 Å². The second kappa shape index (κ2) is 7.43. The molecule has 0 saturated carbocycles. The first-order chi connectivity index (χ1) is 9.78. The first-order valence-corrected chi connectivity index (χ1v) is 7.70. The molecule has 1 aromatic heterocycles. The van der Waals surface area contributed by atoms with Crippen molar-refractivity contribution in [1.29, 1.82) is 0 Å². The van der Waals surface area contributed by atoms with Crippen LogP contribution >= 0.6 is 0 Å². The van der Waals surface area contributed by atoms with Gasteiger partial charge in [-0.15, -0.1) is 0 Å². The van der Waals surface area contributed by atoms with Crippen LogP contribution in [0.5, 0.6) is 5.88 Å². The maximum absolute atomic E-state index is 5.95. The van der Waals surface area contributed by atoms with Crippen LogP contribution in [-0.2, 0) is 0 Å². The zero-order chi connectivity index (χ0) is 14.4. The van der Waals surface area contributed by atoms with Gasteiger partial charge in [0, 0.05) is 25.2 Å². The molecule has 1 aliphatic rings. The molecule has 2 heterocycles. The predicted molar refractivity (Wildman–Crippen MR) is 81.0 cm³/mol. The number of piperidine rings is 1. The molecule has 2 atom stereocenters. The summed E-state index contributed by atoms with van der Waals surface area (Å²) >= 11 is 0. The summed E-state index contributed by atoms with van der Waals surface area (Å²) in [5, 5.41) is 0. The summed E-state index contributed by atoms with van der Waals surface area (Å²) in [6, 6.07) is 2.31. The Morgan fingerprint density at radius 3 is 2.95 bits per heavy atom. The lowest BCUT2D eigenvalue weighted by molar-refractivity contribution is 0.303. The minimum Gasteiger partial charge on any atom is -0.478 e. The van der Waals surface area contributed by atoms with Crippen molar-refractivity contribution >= 4 is 5.82 Å². The van der Waals surface area contributed by atoms with Gasteiger partial charge in [0.1, 0.15) is 12.1 Å². The van der Waals surface area contributed by atoms with E-state index in [4.69, 9.17) is 10.5 Å². The fourth-order valence-corrected chi connectivity index (χ4v) is 2.80. The van der Waals surface area contributed by atoms with Crippen molar-refractivity contribution in [3.05, 3.63) is 12.4 Å². The van der Waals surface area contributed by atoms with Crippen molar-refractivity contribution in [3.8, 4) is 5.88 Å². The van der Waals surface area contributed by atoms with Crippen LogP contribution in [0.4, 0.5) is 5.82 Å². The van der Waals surface area contributed by atoms with Crippen molar-refractivity contribution in [2.75, 3.05) is 24.6 Å². The van der Waals surface area contributed by atoms with E-state index < -0.39 is 0 Å². The van der Waals surface area contributed by atoms with Gasteiger partial charge in [-0.3, -0.25) is 0 Å². The Labute approximate surface area is 121 Å². The fraction of sp³-hybridized carbons (Fsp3) is 0.733. The van der Waals surface area contributed by atoms with Crippen molar-refractivity contribution < 1.29 is 4.74 Å². The molecule has 0 amide bonds. The average Bonchev–Trinajstić information content (AvgIpc) is 2.52. The van der Waals surface area contributed by atoms with Crippen LogP contribution < -0.4 is 15.4 Å². The molecule has 112 valence electrons. The minimum absolute atomic E-state index is 0.377. The lowest BCUT2D eigenvalue weighted by Crippen LogP contribution is -2.47. The first-order valence-electron chi connectivity index (χ1n) is 7.70. The summed E-state index contributed by atoms with van der Waals surface area (Å²) in [5.74, 6) is 2.39. The smallest absolute Gasteiger partial charge is 0.218 e. The highest BCUT2D eigenvalue weighted by Gasteiger charge is 2.27. The standard InChI is InChI=1S/C15H26N4O/c1-3-7-20-15-9-14(17-11-18-15)19-6-5-12(4-2)8-13(19)10-16/h9,11-13H,3-8,10,16H2,1-2H3. The molecule has 0 aliphatic carbocycles. The molecule has 5 heteroatoms. The highest BCUT2D eigenvalue weighted by Crippen LogP contribution is 2.29. The van der Waals surface area contributed by atoms with Gasteiger partial charge in [-0.05, 0) is 25.2 Å². The summed E-state index contributed by atoms with van der Waals surface area (Å²) < 4.78 is 5.59. The lowest BCUT2D eigenvalue weighted by Gasteiger charge is -2.39. The quantitative estimate of drug-likeness (QED) is 0.864. The van der Waals surface area contributed by atoms with Crippen LogP contribution in [0.2, 0.25) is 0 Å². The molecular formula is C15H26N4O. The number of hydrogen-bond donors (Lipinski definition) is 1. The Morgan fingerprint density at radius 2 is 2.25 bits per heavy atom. The van der Waals surface area contributed by atoms with Gasteiger partial charge in [-0.1, -0.05) is 20.3 Å². The van der Waals surface area contributed by atoms with Crippen molar-refractivity contribution in [2.24, 2.45) is 11.7 Å². The van der Waals surface area contributed by atoms with E-state index in [1.807, 2.05) is 6.07 Å². The molecule has 1 fully saturated rings. The number of anilines is 1. The summed E-state index contributed by atoms with van der Waals surface area (Å²) in [4.78, 5) is 10.9. The number of aromatic nitrogens is 2. The van der Waals surface area contributed by atoms with Crippen LogP contribution in [0.25, 0.3) is 0 Å². The summed E-state index contributed by atoms with van der Waals surface area (Å²) in [5.41, 5.74) is 5.95. The molecule has 1 aliphatic heterocycles. The molecule has 1 aromatic rings. The second-order valence-corrected chi connectivity index (χ2v) is 5.44. The van der Waals surface area contributed by atoms with Crippen LogP contribution in [0.1, 0.15) is 39.5 Å². The molecule has 0 aromatic carbocycles. The summed E-state index contributed by atoms with van der Waals surface area (Å²) in [6.45, 7) is 6.72. The van der Waals surface area contributed by atoms with E-state index in [1.54, 1.807) is 6.33 Å². The first kappa shape index (κ1) is 15.0. The van der Waals surface area contributed by atoms with Crippen molar-refractivity contribution in [2.45, 2.75) is 45.6 Å². The number of rotatable bonds is 6. The molecule has 0 spiro atoms. The van der Waals surface area contributed by atoms with Crippen LogP contribution in [0, 0.1) is 5.92 Å². The highest BCUT2D eigenvalue weighted by molar-refractivity contribution is 5.42. The predicted octanol–water partition coefficient (Wildman–Crippen LogP) is 2.22. The van der Waals surface area contributed by atoms with Crippen LogP contribution in [0.15, 0.2) is 12.4 Å². The monoisotopic (exact) mass is 278 g/mol. The number of nitrogens with zero attached hydrogens (tertiary/aromatic N) is 3. The molecule has 5 nitrogen and oxygen atoms in total. The maximum Gasteiger partial charge on any atom is 0.218 e. The number of hydrogen-bond acceptors (Lipinski definition) is 5. The van der Waals surface area contributed by atoms with Crippen molar-refractivity contribution in [3.63, 3.8) is 0 Å². The van der Waals surface area contributed by atoms with Gasteiger partial charge in [0.25, 0.3) is 0 Å².